The maximum atomic E-state index is 13.0. The Morgan fingerprint density at radius 2 is 1.69 bits per heavy atom. The molecule has 162 valence electrons. The van der Waals surface area contributed by atoms with E-state index in [1.54, 1.807) is 36.4 Å². The molecule has 3 aromatic rings. The summed E-state index contributed by atoms with van der Waals surface area (Å²) >= 11 is 5.95. The maximum absolute atomic E-state index is 13.0. The fourth-order valence-corrected chi connectivity index (χ4v) is 4.05. The van der Waals surface area contributed by atoms with E-state index >= 15 is 0 Å². The normalized spacial score (nSPS) is 17.7. The predicted molar refractivity (Wildman–Crippen MR) is 123 cm³/mol. The van der Waals surface area contributed by atoms with E-state index < -0.39 is 17.7 Å². The van der Waals surface area contributed by atoms with E-state index in [9.17, 15) is 19.8 Å². The molecule has 4 rings (SSSR count). The van der Waals surface area contributed by atoms with Gasteiger partial charge in [0.1, 0.15) is 11.5 Å². The molecular weight excluding hydrogens is 426 g/mol. The molecule has 1 amide bonds. The molecule has 3 aromatic carbocycles. The predicted octanol–water partition coefficient (Wildman–Crippen LogP) is 5.02. The second-order valence-electron chi connectivity index (χ2n) is 7.83. The van der Waals surface area contributed by atoms with Crippen LogP contribution in [0.15, 0.2) is 78.4 Å². The molecule has 0 bridgehead atoms. The summed E-state index contributed by atoms with van der Waals surface area (Å²) in [5.74, 6) is -1.64. The number of aliphatic hydroxyl groups excluding tert-OH is 1. The van der Waals surface area contributed by atoms with Crippen LogP contribution in [0.25, 0.3) is 5.76 Å². The number of likely N-dealkylation sites (tertiary alicyclic amines) is 1. The summed E-state index contributed by atoms with van der Waals surface area (Å²) in [7, 11) is 0. The largest absolute Gasteiger partial charge is 0.508 e. The first-order chi connectivity index (χ1) is 15.3. The summed E-state index contributed by atoms with van der Waals surface area (Å²) < 4.78 is 0. The topological polar surface area (TPSA) is 77.8 Å². The van der Waals surface area contributed by atoms with Crippen molar-refractivity contribution in [2.45, 2.75) is 19.4 Å². The minimum Gasteiger partial charge on any atom is -0.508 e. The van der Waals surface area contributed by atoms with E-state index in [0.29, 0.717) is 22.6 Å². The molecule has 1 saturated heterocycles. The van der Waals surface area contributed by atoms with Gasteiger partial charge in [-0.05, 0) is 48.7 Å². The van der Waals surface area contributed by atoms with Crippen LogP contribution >= 0.6 is 11.6 Å². The van der Waals surface area contributed by atoms with Crippen molar-refractivity contribution in [2.24, 2.45) is 0 Å². The maximum Gasteiger partial charge on any atom is 0.295 e. The number of halogens is 1. The molecule has 5 nitrogen and oxygen atoms in total. The van der Waals surface area contributed by atoms with Gasteiger partial charge in [-0.1, -0.05) is 65.7 Å². The highest BCUT2D eigenvalue weighted by atomic mass is 35.5. The van der Waals surface area contributed by atoms with Gasteiger partial charge in [-0.3, -0.25) is 9.59 Å². The average Bonchev–Trinajstić information content (AvgIpc) is 3.03. The number of aliphatic hydroxyl groups is 1. The molecule has 0 spiro atoms. The number of phenolic OH excluding ortho intramolecular Hbond substituents is 1. The summed E-state index contributed by atoms with van der Waals surface area (Å²) in [6.45, 7) is 2.18. The van der Waals surface area contributed by atoms with E-state index in [2.05, 4.69) is 0 Å². The SMILES string of the molecule is Cc1ccc(/C(O)=C2/C(=O)C(=O)N(CCc3ccc(Cl)cc3)C2c2cccc(O)c2)cc1. The second kappa shape index (κ2) is 8.89. The standard InChI is InChI=1S/C26H22ClNO4/c1-16-5-9-18(10-6-16)24(30)22-23(19-3-2-4-21(29)15-19)28(26(32)25(22)31)14-13-17-7-11-20(27)12-8-17/h2-12,15,23,29-30H,13-14H2,1H3/b24-22-. The van der Waals surface area contributed by atoms with Crippen LogP contribution in [0, 0.1) is 6.92 Å². The zero-order valence-corrected chi connectivity index (χ0v) is 18.2. The number of hydrogen-bond acceptors (Lipinski definition) is 4. The summed E-state index contributed by atoms with van der Waals surface area (Å²) in [6, 6.07) is 20.0. The number of carbonyl (C=O) groups excluding carboxylic acids is 2. The van der Waals surface area contributed by atoms with Crippen molar-refractivity contribution in [3.05, 3.63) is 106 Å². The van der Waals surface area contributed by atoms with Crippen molar-refractivity contribution in [3.63, 3.8) is 0 Å². The molecule has 6 heteroatoms. The highest BCUT2D eigenvalue weighted by Crippen LogP contribution is 2.40. The average molecular weight is 448 g/mol. The Morgan fingerprint density at radius 3 is 2.34 bits per heavy atom. The van der Waals surface area contributed by atoms with Gasteiger partial charge in [0.15, 0.2) is 0 Å². The summed E-state index contributed by atoms with van der Waals surface area (Å²) in [5.41, 5.74) is 2.99. The number of aromatic hydroxyl groups is 1. The van der Waals surface area contributed by atoms with Crippen molar-refractivity contribution in [3.8, 4) is 5.75 Å². The van der Waals surface area contributed by atoms with Crippen molar-refractivity contribution in [2.75, 3.05) is 6.54 Å². The first-order valence-corrected chi connectivity index (χ1v) is 10.6. The molecule has 1 atom stereocenters. The Kier molecular flexibility index (Phi) is 6.01. The lowest BCUT2D eigenvalue weighted by atomic mass is 9.95. The van der Waals surface area contributed by atoms with Gasteiger partial charge in [-0.2, -0.15) is 0 Å². The molecule has 1 aliphatic heterocycles. The highest BCUT2D eigenvalue weighted by Gasteiger charge is 2.45. The quantitative estimate of drug-likeness (QED) is 0.327. The Balaban J connectivity index is 1.77. The number of hydrogen-bond donors (Lipinski definition) is 2. The lowest BCUT2D eigenvalue weighted by Gasteiger charge is -2.25. The number of amides is 1. The van der Waals surface area contributed by atoms with Crippen LogP contribution in [0.2, 0.25) is 5.02 Å². The molecule has 1 heterocycles. The lowest BCUT2D eigenvalue weighted by molar-refractivity contribution is -0.139. The van der Waals surface area contributed by atoms with Gasteiger partial charge >= 0.3 is 0 Å². The number of carbonyl (C=O) groups is 2. The van der Waals surface area contributed by atoms with Crippen LogP contribution in [0.4, 0.5) is 0 Å². The van der Waals surface area contributed by atoms with Crippen LogP contribution in [0.3, 0.4) is 0 Å². The van der Waals surface area contributed by atoms with E-state index in [1.807, 2.05) is 31.2 Å². The van der Waals surface area contributed by atoms with E-state index in [0.717, 1.165) is 11.1 Å². The van der Waals surface area contributed by atoms with E-state index in [1.165, 1.54) is 17.0 Å². The van der Waals surface area contributed by atoms with Crippen LogP contribution in [0.5, 0.6) is 5.75 Å². The van der Waals surface area contributed by atoms with Gasteiger partial charge in [0.05, 0.1) is 11.6 Å². The van der Waals surface area contributed by atoms with Gasteiger partial charge in [-0.25, -0.2) is 0 Å². The Hall–Kier alpha value is -3.57. The summed E-state index contributed by atoms with van der Waals surface area (Å²) in [4.78, 5) is 27.5. The van der Waals surface area contributed by atoms with Gasteiger partial charge in [0, 0.05) is 17.1 Å². The molecule has 0 aliphatic carbocycles. The van der Waals surface area contributed by atoms with E-state index in [-0.39, 0.29) is 23.6 Å². The number of Topliss-reactive ketones (excluding diaryl/α,β-unsaturated/α-hetero) is 1. The monoisotopic (exact) mass is 447 g/mol. The Bertz CT molecular complexity index is 1200. The molecule has 1 aliphatic rings. The number of nitrogens with zero attached hydrogens (tertiary/aromatic N) is 1. The molecule has 32 heavy (non-hydrogen) atoms. The number of phenols is 1. The fraction of sp³-hybridized carbons (Fsp3) is 0.154. The van der Waals surface area contributed by atoms with Crippen LogP contribution in [-0.2, 0) is 16.0 Å². The fourth-order valence-electron chi connectivity index (χ4n) is 3.92. The molecule has 0 aromatic heterocycles. The van der Waals surface area contributed by atoms with Crippen LogP contribution in [-0.4, -0.2) is 33.3 Å². The number of rotatable bonds is 5. The Morgan fingerprint density at radius 1 is 1.00 bits per heavy atom. The number of benzene rings is 3. The van der Waals surface area contributed by atoms with Crippen LogP contribution in [0.1, 0.15) is 28.3 Å². The second-order valence-corrected chi connectivity index (χ2v) is 8.27. The number of aryl methyl sites for hydroxylation is 1. The van der Waals surface area contributed by atoms with Gasteiger partial charge in [0.25, 0.3) is 11.7 Å². The third-order valence-corrected chi connectivity index (χ3v) is 5.86. The lowest BCUT2D eigenvalue weighted by Crippen LogP contribution is -2.31. The third-order valence-electron chi connectivity index (χ3n) is 5.61. The first-order valence-electron chi connectivity index (χ1n) is 10.2. The molecule has 2 N–H and O–H groups in total. The highest BCUT2D eigenvalue weighted by molar-refractivity contribution is 6.46. The van der Waals surface area contributed by atoms with E-state index in [4.69, 9.17) is 11.6 Å². The van der Waals surface area contributed by atoms with Crippen molar-refractivity contribution >= 4 is 29.1 Å². The minimum absolute atomic E-state index is 0.0144. The van der Waals surface area contributed by atoms with Crippen molar-refractivity contribution < 1.29 is 19.8 Å². The van der Waals surface area contributed by atoms with Crippen molar-refractivity contribution in [1.82, 2.24) is 4.90 Å². The molecular formula is C26H22ClNO4. The zero-order valence-electron chi connectivity index (χ0n) is 17.5. The molecule has 0 saturated carbocycles. The molecule has 1 unspecified atom stereocenters. The van der Waals surface area contributed by atoms with Gasteiger partial charge in [0.2, 0.25) is 0 Å². The minimum atomic E-state index is -0.810. The molecule has 1 fully saturated rings. The third kappa shape index (κ3) is 4.25. The molecule has 0 radical (unpaired) electrons. The summed E-state index contributed by atoms with van der Waals surface area (Å²) in [6.07, 6.45) is 0.504. The Labute approximate surface area is 191 Å². The zero-order chi connectivity index (χ0) is 22.8. The van der Waals surface area contributed by atoms with Crippen molar-refractivity contribution in [1.29, 1.82) is 0 Å². The van der Waals surface area contributed by atoms with Crippen LogP contribution < -0.4 is 0 Å². The summed E-state index contributed by atoms with van der Waals surface area (Å²) in [5, 5.41) is 21.7. The van der Waals surface area contributed by atoms with Gasteiger partial charge in [-0.15, -0.1) is 0 Å². The van der Waals surface area contributed by atoms with Gasteiger partial charge < -0.3 is 15.1 Å². The smallest absolute Gasteiger partial charge is 0.295 e. The first kappa shape index (κ1) is 21.7. The number of ketones is 1.